The van der Waals surface area contributed by atoms with Crippen LogP contribution in [0.5, 0.6) is 0 Å². The molecule has 0 unspecified atom stereocenters. The topological polar surface area (TPSA) is 119 Å². The molecule has 0 spiro atoms. The van der Waals surface area contributed by atoms with Crippen LogP contribution in [0.4, 0.5) is 16.2 Å². The lowest BCUT2D eigenvalue weighted by Crippen LogP contribution is -2.44. The fourth-order valence-electron chi connectivity index (χ4n) is 1.66. The van der Waals surface area contributed by atoms with Gasteiger partial charge in [0.25, 0.3) is 0 Å². The lowest BCUT2D eigenvalue weighted by Gasteiger charge is -2.19. The van der Waals surface area contributed by atoms with Crippen LogP contribution in [0.2, 0.25) is 0 Å². The maximum atomic E-state index is 11.8. The number of carbonyl (C=O) groups excluding carboxylic acids is 1. The largest absolute Gasteiger partial charge is 0.481 e. The van der Waals surface area contributed by atoms with Crippen molar-refractivity contribution < 1.29 is 24.6 Å². The van der Waals surface area contributed by atoms with Crippen molar-refractivity contribution in [1.82, 2.24) is 5.32 Å². The molecule has 0 aromatic heterocycles. The summed E-state index contributed by atoms with van der Waals surface area (Å²) in [5.41, 5.74) is 1.22. The summed E-state index contributed by atoms with van der Waals surface area (Å²) in [6.45, 7) is 0. The van der Waals surface area contributed by atoms with Crippen molar-refractivity contribution in [2.45, 2.75) is 12.5 Å². The maximum Gasteiger partial charge on any atom is 0.326 e. The summed E-state index contributed by atoms with van der Waals surface area (Å²) >= 11 is 0. The van der Waals surface area contributed by atoms with Crippen LogP contribution < -0.4 is 15.5 Å². The normalized spacial score (nSPS) is 11.3. The van der Waals surface area contributed by atoms with Crippen molar-refractivity contribution in [3.63, 3.8) is 0 Å². The Morgan fingerprint density at radius 3 is 2.33 bits per heavy atom. The molecule has 114 valence electrons. The minimum Gasteiger partial charge on any atom is -0.481 e. The van der Waals surface area contributed by atoms with E-state index in [0.717, 1.165) is 5.69 Å². The van der Waals surface area contributed by atoms with E-state index in [1.54, 1.807) is 43.3 Å². The summed E-state index contributed by atoms with van der Waals surface area (Å²) in [7, 11) is 3.59. The molecule has 0 saturated carbocycles. The molecule has 0 fully saturated rings. The summed E-state index contributed by atoms with van der Waals surface area (Å²) in [6.07, 6.45) is -0.696. The second-order valence-electron chi connectivity index (χ2n) is 4.50. The fraction of sp³-hybridized carbons (Fsp3) is 0.308. The van der Waals surface area contributed by atoms with E-state index in [-0.39, 0.29) is 0 Å². The summed E-state index contributed by atoms with van der Waals surface area (Å²) in [4.78, 5) is 35.0. The van der Waals surface area contributed by atoms with Gasteiger partial charge in [-0.05, 0) is 12.1 Å². The van der Waals surface area contributed by atoms with E-state index in [2.05, 4.69) is 10.6 Å². The number of nitrogens with zero attached hydrogens (tertiary/aromatic N) is 1. The number of hydrogen-bond acceptors (Lipinski definition) is 4. The highest BCUT2D eigenvalue weighted by atomic mass is 16.4. The second kappa shape index (κ2) is 7.13. The zero-order valence-electron chi connectivity index (χ0n) is 11.7. The van der Waals surface area contributed by atoms with E-state index in [0.29, 0.717) is 5.69 Å². The Kier molecular flexibility index (Phi) is 5.53. The van der Waals surface area contributed by atoms with Gasteiger partial charge in [0.15, 0.2) is 0 Å². The Morgan fingerprint density at radius 1 is 1.19 bits per heavy atom. The first-order valence-electron chi connectivity index (χ1n) is 6.09. The Morgan fingerprint density at radius 2 is 1.81 bits per heavy atom. The summed E-state index contributed by atoms with van der Waals surface area (Å²) < 4.78 is 0. The van der Waals surface area contributed by atoms with Crippen LogP contribution in [0, 0.1) is 0 Å². The van der Waals surface area contributed by atoms with E-state index in [1.807, 2.05) is 0 Å². The van der Waals surface area contributed by atoms with Gasteiger partial charge in [0.2, 0.25) is 0 Å². The molecule has 1 aromatic carbocycles. The smallest absolute Gasteiger partial charge is 0.326 e. The molecular formula is C13H17N3O5. The fourth-order valence-corrected chi connectivity index (χ4v) is 1.66. The van der Waals surface area contributed by atoms with Crippen LogP contribution in [0.3, 0.4) is 0 Å². The number of urea groups is 1. The average Bonchev–Trinajstić information content (AvgIpc) is 2.37. The molecule has 0 bridgehead atoms. The Bertz CT molecular complexity index is 544. The monoisotopic (exact) mass is 295 g/mol. The van der Waals surface area contributed by atoms with Crippen molar-refractivity contribution in [1.29, 1.82) is 0 Å². The third-order valence-electron chi connectivity index (χ3n) is 2.62. The molecule has 0 radical (unpaired) electrons. The van der Waals surface area contributed by atoms with Gasteiger partial charge in [-0.25, -0.2) is 9.59 Å². The third kappa shape index (κ3) is 5.01. The van der Waals surface area contributed by atoms with E-state index >= 15 is 0 Å². The number of anilines is 2. The molecule has 8 heteroatoms. The second-order valence-corrected chi connectivity index (χ2v) is 4.50. The van der Waals surface area contributed by atoms with E-state index < -0.39 is 30.4 Å². The van der Waals surface area contributed by atoms with Crippen LogP contribution in [0.15, 0.2) is 24.3 Å². The first-order valence-corrected chi connectivity index (χ1v) is 6.09. The van der Waals surface area contributed by atoms with Crippen LogP contribution >= 0.6 is 0 Å². The first-order chi connectivity index (χ1) is 9.81. The summed E-state index contributed by atoms with van der Waals surface area (Å²) in [5.74, 6) is -2.72. The Labute approximate surface area is 121 Å². The van der Waals surface area contributed by atoms with Crippen molar-refractivity contribution in [2.75, 3.05) is 24.3 Å². The number of amides is 2. The number of nitrogens with one attached hydrogen (secondary N) is 2. The predicted octanol–water partition coefficient (Wildman–Crippen LogP) is 0.802. The lowest BCUT2D eigenvalue weighted by atomic mass is 10.2. The molecule has 8 nitrogen and oxygen atoms in total. The average molecular weight is 295 g/mol. The van der Waals surface area contributed by atoms with Crippen molar-refractivity contribution >= 4 is 29.3 Å². The molecule has 0 saturated heterocycles. The number of hydrogen-bond donors (Lipinski definition) is 4. The SMILES string of the molecule is CN(C)c1ccccc1NC(=O)N[C@@H](CC(=O)O)C(=O)O. The number of carboxylic acid groups (broad SMARTS) is 2. The Balaban J connectivity index is 2.77. The Hall–Kier alpha value is -2.77. The molecule has 2 amide bonds. The van der Waals surface area contributed by atoms with Crippen LogP contribution in [0.25, 0.3) is 0 Å². The van der Waals surface area contributed by atoms with Gasteiger partial charge in [-0.15, -0.1) is 0 Å². The zero-order chi connectivity index (χ0) is 16.0. The summed E-state index contributed by atoms with van der Waals surface area (Å²) in [6, 6.07) is 4.67. The van der Waals surface area contributed by atoms with Crippen molar-refractivity contribution in [2.24, 2.45) is 0 Å². The van der Waals surface area contributed by atoms with Gasteiger partial charge in [0.1, 0.15) is 6.04 Å². The number of rotatable bonds is 6. The number of benzene rings is 1. The quantitative estimate of drug-likeness (QED) is 0.616. The van der Waals surface area contributed by atoms with E-state index in [9.17, 15) is 14.4 Å². The number of aliphatic carboxylic acids is 2. The van der Waals surface area contributed by atoms with Gasteiger partial charge in [0.05, 0.1) is 17.8 Å². The highest BCUT2D eigenvalue weighted by molar-refractivity contribution is 5.96. The van der Waals surface area contributed by atoms with Gasteiger partial charge in [0, 0.05) is 14.1 Å². The number of carboxylic acids is 2. The molecule has 1 atom stereocenters. The van der Waals surface area contributed by atoms with Gasteiger partial charge in [-0.1, -0.05) is 12.1 Å². The number of para-hydroxylation sites is 2. The molecular weight excluding hydrogens is 278 g/mol. The van der Waals surface area contributed by atoms with Crippen LogP contribution in [0.1, 0.15) is 6.42 Å². The molecule has 1 rings (SSSR count). The van der Waals surface area contributed by atoms with Gasteiger partial charge >= 0.3 is 18.0 Å². The van der Waals surface area contributed by atoms with E-state index in [1.165, 1.54) is 0 Å². The predicted molar refractivity (Wildman–Crippen MR) is 76.6 cm³/mol. The molecule has 0 aliphatic carbocycles. The molecule has 21 heavy (non-hydrogen) atoms. The highest BCUT2D eigenvalue weighted by Gasteiger charge is 2.23. The maximum absolute atomic E-state index is 11.8. The molecule has 0 heterocycles. The number of carbonyl (C=O) groups is 3. The third-order valence-corrected chi connectivity index (χ3v) is 2.62. The van der Waals surface area contributed by atoms with Gasteiger partial charge < -0.3 is 25.7 Å². The van der Waals surface area contributed by atoms with Gasteiger partial charge in [-0.3, -0.25) is 4.79 Å². The first kappa shape index (κ1) is 16.3. The zero-order valence-corrected chi connectivity index (χ0v) is 11.7. The highest BCUT2D eigenvalue weighted by Crippen LogP contribution is 2.23. The molecule has 1 aromatic rings. The lowest BCUT2D eigenvalue weighted by molar-refractivity contribution is -0.145. The minimum absolute atomic E-state index is 0.486. The van der Waals surface area contributed by atoms with Crippen molar-refractivity contribution in [3.05, 3.63) is 24.3 Å². The van der Waals surface area contributed by atoms with Crippen molar-refractivity contribution in [3.8, 4) is 0 Å². The van der Waals surface area contributed by atoms with E-state index in [4.69, 9.17) is 10.2 Å². The van der Waals surface area contributed by atoms with Crippen LogP contribution in [-0.2, 0) is 9.59 Å². The molecule has 0 aliphatic rings. The minimum atomic E-state index is -1.49. The molecule has 0 aliphatic heterocycles. The molecule has 4 N–H and O–H groups in total. The summed E-state index contributed by atoms with van der Waals surface area (Å²) in [5, 5.41) is 22.1. The van der Waals surface area contributed by atoms with Gasteiger partial charge in [-0.2, -0.15) is 0 Å². The standard InChI is InChI=1S/C13H17N3O5/c1-16(2)10-6-4-3-5-8(10)14-13(21)15-9(12(19)20)7-11(17)18/h3-6,9H,7H2,1-2H3,(H,17,18)(H,19,20)(H2,14,15,21)/t9-/m0/s1. The van der Waals surface area contributed by atoms with Crippen LogP contribution in [-0.4, -0.2) is 48.3 Å².